The van der Waals surface area contributed by atoms with Crippen LogP contribution in [-0.4, -0.2) is 20.0 Å². The van der Waals surface area contributed by atoms with Gasteiger partial charge < -0.3 is 9.47 Å². The Bertz CT molecular complexity index is 555. The molecule has 0 heterocycles. The highest BCUT2D eigenvalue weighted by molar-refractivity contribution is 6.34. The average Bonchev–Trinajstić information content (AvgIpc) is 3.09. The van der Waals surface area contributed by atoms with Crippen LogP contribution in [0, 0.1) is 17.8 Å². The van der Waals surface area contributed by atoms with Crippen LogP contribution < -0.4 is 9.47 Å². The second-order valence-corrected chi connectivity index (χ2v) is 6.66. The van der Waals surface area contributed by atoms with Crippen molar-refractivity contribution in [3.63, 3.8) is 0 Å². The number of ether oxygens (including phenoxy) is 2. The molecule has 4 heteroatoms. The van der Waals surface area contributed by atoms with Gasteiger partial charge in [0.05, 0.1) is 19.2 Å². The van der Waals surface area contributed by atoms with Gasteiger partial charge in [0, 0.05) is 18.1 Å². The van der Waals surface area contributed by atoms with Crippen LogP contribution in [0.4, 0.5) is 0 Å². The molecule has 1 aromatic carbocycles. The molecule has 21 heavy (non-hydrogen) atoms. The van der Waals surface area contributed by atoms with E-state index in [-0.39, 0.29) is 5.78 Å². The van der Waals surface area contributed by atoms with Crippen LogP contribution in [0.2, 0.25) is 5.02 Å². The number of halogens is 1. The third-order valence-electron chi connectivity index (χ3n) is 5.11. The molecule has 114 valence electrons. The second-order valence-electron chi connectivity index (χ2n) is 6.25. The molecule has 0 aliphatic heterocycles. The van der Waals surface area contributed by atoms with Crippen LogP contribution in [0.3, 0.4) is 0 Å². The topological polar surface area (TPSA) is 35.5 Å². The quantitative estimate of drug-likeness (QED) is 0.758. The van der Waals surface area contributed by atoms with E-state index in [4.69, 9.17) is 21.1 Å². The number of hydrogen-bond donors (Lipinski definition) is 0. The van der Waals surface area contributed by atoms with Crippen molar-refractivity contribution >= 4 is 17.4 Å². The lowest BCUT2D eigenvalue weighted by atomic mass is 9.84. The minimum absolute atomic E-state index is 0.124. The Morgan fingerprint density at radius 3 is 2.48 bits per heavy atom. The van der Waals surface area contributed by atoms with Gasteiger partial charge in [0.1, 0.15) is 0 Å². The lowest BCUT2D eigenvalue weighted by molar-refractivity contribution is 0.0944. The molecule has 0 spiro atoms. The summed E-state index contributed by atoms with van der Waals surface area (Å²) >= 11 is 6.24. The highest BCUT2D eigenvalue weighted by atomic mass is 35.5. The zero-order valence-corrected chi connectivity index (χ0v) is 13.3. The summed E-state index contributed by atoms with van der Waals surface area (Å²) in [7, 11) is 3.13. The number of ketones is 1. The number of benzene rings is 1. The molecular weight excluding hydrogens is 288 g/mol. The monoisotopic (exact) mass is 308 g/mol. The molecule has 3 unspecified atom stereocenters. The van der Waals surface area contributed by atoms with Gasteiger partial charge in [-0.25, -0.2) is 0 Å². The summed E-state index contributed by atoms with van der Waals surface area (Å²) in [6, 6.07) is 3.37. The molecule has 2 aliphatic carbocycles. The fourth-order valence-corrected chi connectivity index (χ4v) is 4.30. The molecule has 2 saturated carbocycles. The highest BCUT2D eigenvalue weighted by Gasteiger charge is 2.40. The van der Waals surface area contributed by atoms with Crippen molar-refractivity contribution in [1.82, 2.24) is 0 Å². The summed E-state index contributed by atoms with van der Waals surface area (Å²) in [5, 5.41) is 0.445. The first kappa shape index (κ1) is 14.7. The summed E-state index contributed by atoms with van der Waals surface area (Å²) in [6.45, 7) is 0. The molecule has 3 atom stereocenters. The highest BCUT2D eigenvalue weighted by Crippen LogP contribution is 2.50. The van der Waals surface area contributed by atoms with Crippen LogP contribution in [-0.2, 0) is 0 Å². The zero-order valence-electron chi connectivity index (χ0n) is 12.5. The number of methoxy groups -OCH3 is 2. The predicted octanol–water partition coefficient (Wildman–Crippen LogP) is 4.37. The van der Waals surface area contributed by atoms with Crippen LogP contribution in [0.1, 0.15) is 42.5 Å². The number of carbonyl (C=O) groups is 1. The maximum atomic E-state index is 12.6. The minimum atomic E-state index is 0.124. The molecule has 0 radical (unpaired) electrons. The van der Waals surface area contributed by atoms with Gasteiger partial charge in [0.2, 0.25) is 0 Å². The fraction of sp³-hybridized carbons (Fsp3) is 0.588. The van der Waals surface area contributed by atoms with E-state index < -0.39 is 0 Å². The molecule has 2 fully saturated rings. The molecular formula is C17H21ClO3. The van der Waals surface area contributed by atoms with Crippen molar-refractivity contribution in [2.24, 2.45) is 17.8 Å². The van der Waals surface area contributed by atoms with Gasteiger partial charge >= 0.3 is 0 Å². The molecule has 2 aliphatic rings. The van der Waals surface area contributed by atoms with Crippen LogP contribution in [0.25, 0.3) is 0 Å². The van der Waals surface area contributed by atoms with Crippen LogP contribution >= 0.6 is 11.6 Å². The van der Waals surface area contributed by atoms with Crippen molar-refractivity contribution in [2.75, 3.05) is 14.2 Å². The van der Waals surface area contributed by atoms with E-state index in [1.54, 1.807) is 26.4 Å². The second kappa shape index (κ2) is 5.88. The Labute approximate surface area is 130 Å². The standard InChI is InChI=1S/C17H21ClO3/c1-20-16-8-13(14(18)9-17(16)21-2)15(19)7-12-6-10-3-4-11(12)5-10/h8-12H,3-7H2,1-2H3. The van der Waals surface area contributed by atoms with Gasteiger partial charge in [0.25, 0.3) is 0 Å². The van der Waals surface area contributed by atoms with E-state index in [1.165, 1.54) is 25.7 Å². The van der Waals surface area contributed by atoms with E-state index >= 15 is 0 Å². The van der Waals surface area contributed by atoms with Gasteiger partial charge in [0.15, 0.2) is 17.3 Å². The van der Waals surface area contributed by atoms with E-state index in [2.05, 4.69) is 0 Å². The van der Waals surface area contributed by atoms with Gasteiger partial charge in [-0.3, -0.25) is 4.79 Å². The Morgan fingerprint density at radius 2 is 1.90 bits per heavy atom. The first-order chi connectivity index (χ1) is 10.1. The molecule has 3 nitrogen and oxygen atoms in total. The number of hydrogen-bond acceptors (Lipinski definition) is 3. The Morgan fingerprint density at radius 1 is 1.19 bits per heavy atom. The normalized spacial score (nSPS) is 26.9. The van der Waals surface area contributed by atoms with Crippen LogP contribution in [0.15, 0.2) is 12.1 Å². The van der Waals surface area contributed by atoms with Gasteiger partial charge in [-0.2, -0.15) is 0 Å². The summed E-state index contributed by atoms with van der Waals surface area (Å²) in [6.07, 6.45) is 5.78. The Kier molecular flexibility index (Phi) is 4.12. The van der Waals surface area contributed by atoms with Crippen LogP contribution in [0.5, 0.6) is 11.5 Å². The molecule has 1 aromatic rings. The first-order valence-electron chi connectivity index (χ1n) is 7.57. The number of rotatable bonds is 5. The third kappa shape index (κ3) is 2.76. The molecule has 2 bridgehead atoms. The Balaban J connectivity index is 1.78. The van der Waals surface area contributed by atoms with Gasteiger partial charge in [-0.15, -0.1) is 0 Å². The SMILES string of the molecule is COc1cc(Cl)c(C(=O)CC2CC3CCC2C3)cc1OC. The summed E-state index contributed by atoms with van der Waals surface area (Å²) in [5.74, 6) is 3.38. The van der Waals surface area contributed by atoms with E-state index in [0.717, 1.165) is 11.8 Å². The number of fused-ring (bicyclic) bond motifs is 2. The summed E-state index contributed by atoms with van der Waals surface area (Å²) in [4.78, 5) is 12.6. The maximum Gasteiger partial charge on any atom is 0.164 e. The van der Waals surface area contributed by atoms with Crippen molar-refractivity contribution < 1.29 is 14.3 Å². The van der Waals surface area contributed by atoms with Gasteiger partial charge in [-0.1, -0.05) is 18.0 Å². The lowest BCUT2D eigenvalue weighted by Gasteiger charge is -2.21. The van der Waals surface area contributed by atoms with E-state index in [1.807, 2.05) is 0 Å². The lowest BCUT2D eigenvalue weighted by Crippen LogP contribution is -2.15. The molecule has 0 aromatic heterocycles. The zero-order chi connectivity index (χ0) is 15.0. The van der Waals surface area contributed by atoms with E-state index in [9.17, 15) is 4.79 Å². The first-order valence-corrected chi connectivity index (χ1v) is 7.95. The van der Waals surface area contributed by atoms with Gasteiger partial charge in [-0.05, 0) is 43.1 Å². The fourth-order valence-electron chi connectivity index (χ4n) is 4.04. The Hall–Kier alpha value is -1.22. The van der Waals surface area contributed by atoms with Crippen molar-refractivity contribution in [1.29, 1.82) is 0 Å². The molecule has 0 amide bonds. The van der Waals surface area contributed by atoms with Crippen molar-refractivity contribution in [3.8, 4) is 11.5 Å². The average molecular weight is 309 g/mol. The van der Waals surface area contributed by atoms with Crippen molar-refractivity contribution in [2.45, 2.75) is 32.1 Å². The summed E-state index contributed by atoms with van der Waals surface area (Å²) in [5.41, 5.74) is 0.553. The largest absolute Gasteiger partial charge is 0.493 e. The smallest absolute Gasteiger partial charge is 0.164 e. The molecule has 3 rings (SSSR count). The van der Waals surface area contributed by atoms with E-state index in [0.29, 0.717) is 34.4 Å². The molecule has 0 N–H and O–H groups in total. The maximum absolute atomic E-state index is 12.6. The third-order valence-corrected chi connectivity index (χ3v) is 5.42. The van der Waals surface area contributed by atoms with Crippen molar-refractivity contribution in [3.05, 3.63) is 22.7 Å². The predicted molar refractivity (Wildman–Crippen MR) is 82.4 cm³/mol. The number of carbonyl (C=O) groups excluding carboxylic acids is 1. The molecule has 0 saturated heterocycles. The summed E-state index contributed by atoms with van der Waals surface area (Å²) < 4.78 is 10.5. The minimum Gasteiger partial charge on any atom is -0.493 e. The number of Topliss-reactive ketones (excluding diaryl/α,β-unsaturated/α-hetero) is 1.